The molecule has 7 heteroatoms. The first-order chi connectivity index (χ1) is 11.2. The normalized spacial score (nSPS) is 9.71. The van der Waals surface area contributed by atoms with Gasteiger partial charge in [-0.15, -0.1) is 0 Å². The lowest BCUT2D eigenvalue weighted by atomic mass is 10.1. The second kappa shape index (κ2) is 7.67. The molecule has 0 aliphatic rings. The number of hydrogen-bond acceptors (Lipinski definition) is 6. The molecule has 0 aliphatic heterocycles. The van der Waals surface area contributed by atoms with Gasteiger partial charge in [0.2, 0.25) is 0 Å². The van der Waals surface area contributed by atoms with E-state index in [0.717, 1.165) is 5.56 Å². The number of aryl methyl sites for hydroxylation is 1. The number of amides is 1. The summed E-state index contributed by atoms with van der Waals surface area (Å²) in [6.07, 6.45) is -0.569. The Hall–Kier alpha value is -3.50. The van der Waals surface area contributed by atoms with E-state index >= 15 is 0 Å². The van der Waals surface area contributed by atoms with E-state index in [9.17, 15) is 4.79 Å². The predicted molar refractivity (Wildman–Crippen MR) is 88.5 cm³/mol. The lowest BCUT2D eigenvalue weighted by Crippen LogP contribution is -2.27. The highest BCUT2D eigenvalue weighted by Crippen LogP contribution is 2.22. The average molecular weight is 323 g/mol. The van der Waals surface area contributed by atoms with Crippen LogP contribution < -0.4 is 10.6 Å². The van der Waals surface area contributed by atoms with Crippen molar-refractivity contribution in [2.45, 2.75) is 33.3 Å². The van der Waals surface area contributed by atoms with Crippen LogP contribution in [0.15, 0.2) is 29.5 Å². The molecule has 0 atom stereocenters. The average Bonchev–Trinajstić information content (AvgIpc) is 2.48. The topological polar surface area (TPSA) is 122 Å². The summed E-state index contributed by atoms with van der Waals surface area (Å²) in [5.41, 5.74) is 0.758. The van der Waals surface area contributed by atoms with Gasteiger partial charge in [-0.25, -0.2) is 4.79 Å². The van der Waals surface area contributed by atoms with E-state index in [0.29, 0.717) is 11.4 Å². The summed E-state index contributed by atoms with van der Waals surface area (Å²) in [6.45, 7) is 7.07. The van der Waals surface area contributed by atoms with Crippen LogP contribution in [-0.4, -0.2) is 11.7 Å². The van der Waals surface area contributed by atoms with Crippen molar-refractivity contribution in [2.75, 3.05) is 10.6 Å². The lowest BCUT2D eigenvalue weighted by molar-refractivity contribution is 0.0636. The maximum atomic E-state index is 11.8. The van der Waals surface area contributed by atoms with Crippen molar-refractivity contribution in [2.24, 2.45) is 0 Å². The van der Waals surface area contributed by atoms with Crippen molar-refractivity contribution in [3.8, 4) is 18.2 Å². The quantitative estimate of drug-likeness (QED) is 0.820. The molecule has 0 aliphatic carbocycles. The number of benzene rings is 1. The van der Waals surface area contributed by atoms with Crippen molar-refractivity contribution in [3.05, 3.63) is 35.0 Å². The Morgan fingerprint density at radius 3 is 2.17 bits per heavy atom. The first-order valence-electron chi connectivity index (χ1n) is 7.02. The molecule has 0 heterocycles. The molecule has 0 bridgehead atoms. The molecule has 122 valence electrons. The van der Waals surface area contributed by atoms with Crippen molar-refractivity contribution in [3.63, 3.8) is 0 Å². The number of hydrogen-bond donors (Lipinski definition) is 2. The highest BCUT2D eigenvalue weighted by Gasteiger charge is 2.17. The number of nitrogens with zero attached hydrogens (tertiary/aromatic N) is 3. The third kappa shape index (κ3) is 5.36. The van der Waals surface area contributed by atoms with Crippen LogP contribution in [0.2, 0.25) is 0 Å². The minimum absolute atomic E-state index is 0.132. The molecule has 1 aromatic rings. The fourth-order valence-corrected chi connectivity index (χ4v) is 1.72. The first-order valence-corrected chi connectivity index (χ1v) is 7.02. The fraction of sp³-hybridized carbons (Fsp3) is 0.294. The van der Waals surface area contributed by atoms with E-state index in [1.807, 2.05) is 0 Å². The molecule has 0 unspecified atom stereocenters. The summed E-state index contributed by atoms with van der Waals surface area (Å²) in [5, 5.41) is 32.0. The van der Waals surface area contributed by atoms with Gasteiger partial charge >= 0.3 is 6.09 Å². The van der Waals surface area contributed by atoms with Gasteiger partial charge in [0.05, 0.1) is 0 Å². The lowest BCUT2D eigenvalue weighted by Gasteiger charge is -2.20. The van der Waals surface area contributed by atoms with E-state index in [1.165, 1.54) is 0 Å². The maximum Gasteiger partial charge on any atom is 0.412 e. The van der Waals surface area contributed by atoms with Crippen LogP contribution in [0.4, 0.5) is 16.2 Å². The summed E-state index contributed by atoms with van der Waals surface area (Å²) in [7, 11) is 0. The van der Waals surface area contributed by atoms with Gasteiger partial charge in [0.1, 0.15) is 29.5 Å². The van der Waals surface area contributed by atoms with Gasteiger partial charge in [0.25, 0.3) is 0 Å². The van der Waals surface area contributed by atoms with Gasteiger partial charge in [0.15, 0.2) is 5.57 Å². The van der Waals surface area contributed by atoms with Crippen LogP contribution in [0.1, 0.15) is 26.3 Å². The Bertz CT molecular complexity index is 782. The van der Waals surface area contributed by atoms with Crippen LogP contribution in [0, 0.1) is 40.9 Å². The van der Waals surface area contributed by atoms with Crippen LogP contribution in [-0.2, 0) is 4.74 Å². The van der Waals surface area contributed by atoms with Crippen LogP contribution in [0.3, 0.4) is 0 Å². The molecule has 1 amide bonds. The predicted octanol–water partition coefficient (Wildman–Crippen LogP) is 3.58. The zero-order valence-electron chi connectivity index (χ0n) is 13.9. The third-order valence-corrected chi connectivity index (χ3v) is 2.72. The van der Waals surface area contributed by atoms with Crippen LogP contribution >= 0.6 is 0 Å². The van der Waals surface area contributed by atoms with Gasteiger partial charge in [-0.3, -0.25) is 5.32 Å². The second-order valence-electron chi connectivity index (χ2n) is 5.87. The summed E-state index contributed by atoms with van der Waals surface area (Å²) in [6, 6.07) is 10.0. The van der Waals surface area contributed by atoms with Crippen molar-refractivity contribution in [1.29, 1.82) is 15.8 Å². The molecule has 7 nitrogen and oxygen atoms in total. The number of rotatable bonds is 3. The number of ether oxygens (including phenoxy) is 1. The highest BCUT2D eigenvalue weighted by molar-refractivity contribution is 5.86. The summed E-state index contributed by atoms with van der Waals surface area (Å²) in [5.74, 6) is 0. The molecule has 1 rings (SSSR count). The number of anilines is 2. The van der Waals surface area contributed by atoms with Crippen molar-refractivity contribution >= 4 is 17.5 Å². The molecular formula is C17H17N5O2. The van der Waals surface area contributed by atoms with Crippen molar-refractivity contribution < 1.29 is 9.53 Å². The standard InChI is InChI=1S/C17H17N5O2/c1-11-7-13(21-15(10-20)12(8-18)9-19)5-6-14(11)22-16(23)24-17(2,3)4/h5-7,21H,1-4H3,(H,22,23). The van der Waals surface area contributed by atoms with Gasteiger partial charge in [-0.05, 0) is 51.5 Å². The number of nitriles is 3. The summed E-state index contributed by atoms with van der Waals surface area (Å²) >= 11 is 0. The molecule has 2 N–H and O–H groups in total. The number of carbonyl (C=O) groups is 1. The Labute approximate surface area is 140 Å². The Morgan fingerprint density at radius 1 is 1.08 bits per heavy atom. The number of carbonyl (C=O) groups excluding carboxylic acids is 1. The van der Waals surface area contributed by atoms with Gasteiger partial charge in [-0.1, -0.05) is 0 Å². The van der Waals surface area contributed by atoms with Gasteiger partial charge < -0.3 is 10.1 Å². The maximum absolute atomic E-state index is 11.8. The number of nitrogens with one attached hydrogen (secondary N) is 2. The smallest absolute Gasteiger partial charge is 0.412 e. The Kier molecular flexibility index (Phi) is 5.93. The van der Waals surface area contributed by atoms with E-state index in [4.69, 9.17) is 20.5 Å². The number of allylic oxidation sites excluding steroid dienone is 2. The minimum Gasteiger partial charge on any atom is -0.444 e. The molecule has 0 saturated heterocycles. The van der Waals surface area contributed by atoms with Crippen LogP contribution in [0.25, 0.3) is 0 Å². The van der Waals surface area contributed by atoms with Crippen molar-refractivity contribution in [1.82, 2.24) is 0 Å². The fourth-order valence-electron chi connectivity index (χ4n) is 1.72. The monoisotopic (exact) mass is 323 g/mol. The molecule has 24 heavy (non-hydrogen) atoms. The molecule has 0 saturated carbocycles. The summed E-state index contributed by atoms with van der Waals surface area (Å²) in [4.78, 5) is 11.8. The third-order valence-electron chi connectivity index (χ3n) is 2.72. The SMILES string of the molecule is Cc1cc(NC(C#N)=C(C#N)C#N)ccc1NC(=O)OC(C)(C)C. The molecule has 0 spiro atoms. The van der Waals surface area contributed by atoms with Gasteiger partial charge in [-0.2, -0.15) is 15.8 Å². The molecule has 0 aromatic heterocycles. The molecule has 1 aromatic carbocycles. The van der Waals surface area contributed by atoms with E-state index in [2.05, 4.69) is 10.6 Å². The zero-order valence-corrected chi connectivity index (χ0v) is 13.9. The molecule has 0 fully saturated rings. The largest absolute Gasteiger partial charge is 0.444 e. The van der Waals surface area contributed by atoms with E-state index in [-0.39, 0.29) is 11.3 Å². The molecule has 0 radical (unpaired) electrons. The second-order valence-corrected chi connectivity index (χ2v) is 5.87. The zero-order chi connectivity index (χ0) is 18.3. The van der Waals surface area contributed by atoms with Gasteiger partial charge in [0, 0.05) is 11.4 Å². The van der Waals surface area contributed by atoms with Crippen LogP contribution in [0.5, 0.6) is 0 Å². The minimum atomic E-state index is -0.600. The first kappa shape index (κ1) is 18.5. The summed E-state index contributed by atoms with van der Waals surface area (Å²) < 4.78 is 5.18. The van der Waals surface area contributed by atoms with E-state index < -0.39 is 11.7 Å². The highest BCUT2D eigenvalue weighted by atomic mass is 16.6. The Morgan fingerprint density at radius 2 is 1.71 bits per heavy atom. The molecular weight excluding hydrogens is 306 g/mol. The Balaban J connectivity index is 2.96. The van der Waals surface area contributed by atoms with E-state index in [1.54, 1.807) is 64.1 Å².